The molecule has 0 N–H and O–H groups in total. The summed E-state index contributed by atoms with van der Waals surface area (Å²) < 4.78 is 20.7. The summed E-state index contributed by atoms with van der Waals surface area (Å²) in [4.78, 5) is 0. The fourth-order valence-corrected chi connectivity index (χ4v) is 1.87. The molecular formula is C10H14O3S. The van der Waals surface area contributed by atoms with Gasteiger partial charge < -0.3 is 4.18 Å². The van der Waals surface area contributed by atoms with Gasteiger partial charge in [0.1, 0.15) is 5.75 Å². The second-order valence-electron chi connectivity index (χ2n) is 3.18. The molecule has 0 heterocycles. The van der Waals surface area contributed by atoms with Crippen molar-refractivity contribution >= 4 is 11.4 Å². The van der Waals surface area contributed by atoms with E-state index in [4.69, 9.17) is 4.18 Å². The van der Waals surface area contributed by atoms with Crippen molar-refractivity contribution in [2.45, 2.75) is 20.8 Å². The summed E-state index contributed by atoms with van der Waals surface area (Å²) in [6.45, 7) is 5.85. The Morgan fingerprint density at radius 2 is 1.64 bits per heavy atom. The van der Waals surface area contributed by atoms with Crippen LogP contribution in [0.2, 0.25) is 0 Å². The predicted octanol–water partition coefficient (Wildman–Crippen LogP) is 2.22. The fourth-order valence-electron chi connectivity index (χ4n) is 1.40. The molecular weight excluding hydrogens is 200 g/mol. The first-order valence-corrected chi connectivity index (χ1v) is 5.27. The lowest BCUT2D eigenvalue weighted by atomic mass is 10.1. The molecule has 0 spiro atoms. The zero-order chi connectivity index (χ0) is 10.7. The highest BCUT2D eigenvalue weighted by atomic mass is 32.2. The lowest BCUT2D eigenvalue weighted by Crippen LogP contribution is -2.04. The van der Waals surface area contributed by atoms with Gasteiger partial charge in [0.2, 0.25) is 0 Å². The van der Waals surface area contributed by atoms with Gasteiger partial charge in [-0.3, -0.25) is 4.18 Å². The van der Waals surface area contributed by atoms with Gasteiger partial charge in [-0.25, -0.2) is 0 Å². The number of rotatable bonds is 3. The molecule has 78 valence electrons. The highest BCUT2D eigenvalue weighted by Crippen LogP contribution is 2.25. The number of benzene rings is 1. The average molecular weight is 214 g/mol. The summed E-state index contributed by atoms with van der Waals surface area (Å²) in [6.07, 6.45) is 0. The Balaban J connectivity index is 3.02. The molecule has 0 bridgehead atoms. The third kappa shape index (κ3) is 2.56. The summed E-state index contributed by atoms with van der Waals surface area (Å²) in [5.74, 6) is 0.635. The zero-order valence-electron chi connectivity index (χ0n) is 8.79. The molecule has 0 saturated heterocycles. The fraction of sp³-hybridized carbons (Fsp3) is 0.400. The Hall–Kier alpha value is -0.870. The molecule has 0 radical (unpaired) electrons. The molecule has 1 aromatic rings. The monoisotopic (exact) mass is 214 g/mol. The van der Waals surface area contributed by atoms with Crippen molar-refractivity contribution in [2.75, 3.05) is 7.11 Å². The molecule has 1 unspecified atom stereocenters. The molecule has 1 aromatic carbocycles. The van der Waals surface area contributed by atoms with Crippen LogP contribution in [0.1, 0.15) is 16.7 Å². The smallest absolute Gasteiger partial charge is 0.359 e. The maximum Gasteiger partial charge on any atom is 0.359 e. The number of hydrogen-bond acceptors (Lipinski definition) is 3. The maximum atomic E-state index is 11.0. The van der Waals surface area contributed by atoms with Crippen molar-refractivity contribution in [1.82, 2.24) is 0 Å². The van der Waals surface area contributed by atoms with Gasteiger partial charge >= 0.3 is 11.4 Å². The maximum absolute atomic E-state index is 11.0. The van der Waals surface area contributed by atoms with Gasteiger partial charge in [0, 0.05) is 0 Å². The minimum Gasteiger partial charge on any atom is -0.379 e. The van der Waals surface area contributed by atoms with E-state index in [2.05, 4.69) is 4.18 Å². The highest BCUT2D eigenvalue weighted by Gasteiger charge is 2.08. The molecule has 3 nitrogen and oxygen atoms in total. The zero-order valence-corrected chi connectivity index (χ0v) is 9.60. The van der Waals surface area contributed by atoms with Crippen molar-refractivity contribution in [3.05, 3.63) is 28.8 Å². The minimum atomic E-state index is -1.71. The van der Waals surface area contributed by atoms with Crippen LogP contribution in [0.25, 0.3) is 0 Å². The first-order valence-electron chi connectivity index (χ1n) is 4.27. The van der Waals surface area contributed by atoms with E-state index in [0.717, 1.165) is 16.7 Å². The lowest BCUT2D eigenvalue weighted by molar-refractivity contribution is 0.382. The Bertz CT molecular complexity index is 337. The van der Waals surface area contributed by atoms with Crippen LogP contribution >= 0.6 is 0 Å². The van der Waals surface area contributed by atoms with Crippen LogP contribution in [-0.2, 0) is 15.5 Å². The molecule has 0 saturated carbocycles. The SMILES string of the molecule is COS(=O)Oc1c(C)cc(C)cc1C. The second-order valence-corrected chi connectivity index (χ2v) is 4.09. The molecule has 1 atom stereocenters. The molecule has 14 heavy (non-hydrogen) atoms. The Morgan fingerprint density at radius 1 is 1.14 bits per heavy atom. The summed E-state index contributed by atoms with van der Waals surface area (Å²) in [5.41, 5.74) is 3.09. The van der Waals surface area contributed by atoms with Crippen LogP contribution in [0.15, 0.2) is 12.1 Å². The van der Waals surface area contributed by atoms with Crippen molar-refractivity contribution in [2.24, 2.45) is 0 Å². The Kier molecular flexibility index (Phi) is 3.66. The third-order valence-corrected chi connectivity index (χ3v) is 2.47. The molecule has 0 amide bonds. The number of aryl methyl sites for hydroxylation is 3. The van der Waals surface area contributed by atoms with E-state index < -0.39 is 11.4 Å². The van der Waals surface area contributed by atoms with E-state index in [0.29, 0.717) is 5.75 Å². The second kappa shape index (κ2) is 4.57. The van der Waals surface area contributed by atoms with E-state index in [-0.39, 0.29) is 0 Å². The van der Waals surface area contributed by atoms with E-state index in [1.54, 1.807) is 0 Å². The molecule has 0 aromatic heterocycles. The van der Waals surface area contributed by atoms with Gasteiger partial charge in [0.25, 0.3) is 0 Å². The van der Waals surface area contributed by atoms with Gasteiger partial charge in [0.15, 0.2) is 0 Å². The van der Waals surface area contributed by atoms with Crippen molar-refractivity contribution in [3.8, 4) is 5.75 Å². The lowest BCUT2D eigenvalue weighted by Gasteiger charge is -2.10. The van der Waals surface area contributed by atoms with Crippen molar-refractivity contribution in [3.63, 3.8) is 0 Å². The normalized spacial score (nSPS) is 12.6. The van der Waals surface area contributed by atoms with Crippen LogP contribution in [0, 0.1) is 20.8 Å². The van der Waals surface area contributed by atoms with Gasteiger partial charge in [-0.1, -0.05) is 17.7 Å². The van der Waals surface area contributed by atoms with Gasteiger partial charge in [-0.05, 0) is 31.9 Å². The molecule has 4 heteroatoms. The van der Waals surface area contributed by atoms with Crippen LogP contribution in [0.4, 0.5) is 0 Å². The highest BCUT2D eigenvalue weighted by molar-refractivity contribution is 7.75. The molecule has 1 rings (SSSR count). The summed E-state index contributed by atoms with van der Waals surface area (Å²) in [6, 6.07) is 3.96. The predicted molar refractivity (Wildman–Crippen MR) is 56.4 cm³/mol. The largest absolute Gasteiger partial charge is 0.379 e. The van der Waals surface area contributed by atoms with Crippen LogP contribution in [0.5, 0.6) is 5.75 Å². The quantitative estimate of drug-likeness (QED) is 0.774. The minimum absolute atomic E-state index is 0.635. The topological polar surface area (TPSA) is 35.5 Å². The first kappa shape index (κ1) is 11.2. The van der Waals surface area contributed by atoms with Crippen LogP contribution in [0.3, 0.4) is 0 Å². The summed E-state index contributed by atoms with van der Waals surface area (Å²) in [7, 11) is 1.34. The van der Waals surface area contributed by atoms with E-state index >= 15 is 0 Å². The third-order valence-electron chi connectivity index (χ3n) is 1.89. The first-order chi connectivity index (χ1) is 6.54. The van der Waals surface area contributed by atoms with Crippen LogP contribution < -0.4 is 4.18 Å². The molecule has 0 fully saturated rings. The Labute approximate surface area is 86.9 Å². The van der Waals surface area contributed by atoms with Gasteiger partial charge in [0.05, 0.1) is 7.11 Å². The van der Waals surface area contributed by atoms with Gasteiger partial charge in [-0.15, -0.1) is 0 Å². The van der Waals surface area contributed by atoms with Gasteiger partial charge in [-0.2, -0.15) is 4.21 Å². The molecule has 0 aliphatic rings. The Morgan fingerprint density at radius 3 is 2.07 bits per heavy atom. The number of hydrogen-bond donors (Lipinski definition) is 0. The van der Waals surface area contributed by atoms with Crippen molar-refractivity contribution < 1.29 is 12.6 Å². The van der Waals surface area contributed by atoms with Crippen molar-refractivity contribution in [1.29, 1.82) is 0 Å². The average Bonchev–Trinajstić information content (AvgIpc) is 2.10. The standard InChI is InChI=1S/C10H14O3S/c1-7-5-8(2)10(9(3)6-7)13-14(11)12-4/h5-6H,1-4H3. The van der Waals surface area contributed by atoms with E-state index in [9.17, 15) is 4.21 Å². The molecule has 0 aliphatic carbocycles. The summed E-state index contributed by atoms with van der Waals surface area (Å²) in [5, 5.41) is 0. The molecule has 0 aliphatic heterocycles. The van der Waals surface area contributed by atoms with Crippen LogP contribution in [-0.4, -0.2) is 11.3 Å². The van der Waals surface area contributed by atoms with E-state index in [1.807, 2.05) is 32.9 Å². The van der Waals surface area contributed by atoms with E-state index in [1.165, 1.54) is 7.11 Å². The summed E-state index contributed by atoms with van der Waals surface area (Å²) >= 11 is -1.71.